The van der Waals surface area contributed by atoms with Gasteiger partial charge in [-0.25, -0.2) is 4.39 Å². The van der Waals surface area contributed by atoms with Crippen LogP contribution in [0.15, 0.2) is 24.5 Å². The first-order valence-corrected chi connectivity index (χ1v) is 7.03. The Morgan fingerprint density at radius 3 is 2.75 bits per heavy atom. The molecular formula is C15H21FN4. The van der Waals surface area contributed by atoms with Gasteiger partial charge in [-0.3, -0.25) is 9.67 Å². The molecule has 1 unspecified atom stereocenters. The molecule has 108 valence electrons. The monoisotopic (exact) mass is 276 g/mol. The van der Waals surface area contributed by atoms with Crippen LogP contribution in [0.1, 0.15) is 43.3 Å². The number of pyridine rings is 1. The lowest BCUT2D eigenvalue weighted by Crippen LogP contribution is -2.26. The molecule has 2 aromatic heterocycles. The van der Waals surface area contributed by atoms with E-state index in [4.69, 9.17) is 0 Å². The van der Waals surface area contributed by atoms with E-state index in [9.17, 15) is 4.39 Å². The molecule has 5 heteroatoms. The van der Waals surface area contributed by atoms with Crippen molar-refractivity contribution >= 4 is 0 Å². The number of hydrogen-bond donors (Lipinski definition) is 1. The van der Waals surface area contributed by atoms with Gasteiger partial charge in [0.05, 0.1) is 23.6 Å². The minimum atomic E-state index is -0.315. The van der Waals surface area contributed by atoms with E-state index in [1.807, 2.05) is 17.7 Å². The third kappa shape index (κ3) is 3.22. The van der Waals surface area contributed by atoms with Crippen LogP contribution in [0.25, 0.3) is 0 Å². The number of rotatable bonds is 6. The second-order valence-electron chi connectivity index (χ2n) is 4.85. The highest BCUT2D eigenvalue weighted by atomic mass is 19.1. The van der Waals surface area contributed by atoms with Gasteiger partial charge in [0, 0.05) is 12.7 Å². The van der Waals surface area contributed by atoms with E-state index in [-0.39, 0.29) is 11.9 Å². The average molecular weight is 276 g/mol. The van der Waals surface area contributed by atoms with Gasteiger partial charge in [-0.05, 0) is 44.5 Å². The SMILES string of the molecule is CCCNC(c1cncc(F)c1)c1cc(C)nn1CC. The Bertz CT molecular complexity index is 565. The molecule has 2 aromatic rings. The van der Waals surface area contributed by atoms with Gasteiger partial charge < -0.3 is 5.32 Å². The predicted molar refractivity (Wildman–Crippen MR) is 77.0 cm³/mol. The molecule has 0 aromatic carbocycles. The average Bonchev–Trinajstić information content (AvgIpc) is 2.80. The predicted octanol–water partition coefficient (Wildman–Crippen LogP) is 2.83. The second kappa shape index (κ2) is 6.61. The molecule has 0 saturated carbocycles. The number of nitrogens with one attached hydrogen (secondary N) is 1. The molecule has 0 amide bonds. The van der Waals surface area contributed by atoms with Crippen molar-refractivity contribution in [1.82, 2.24) is 20.1 Å². The lowest BCUT2D eigenvalue weighted by Gasteiger charge is -2.19. The lowest BCUT2D eigenvalue weighted by molar-refractivity contribution is 0.523. The van der Waals surface area contributed by atoms with Crippen LogP contribution in [-0.4, -0.2) is 21.3 Å². The Hall–Kier alpha value is -1.75. The summed E-state index contributed by atoms with van der Waals surface area (Å²) in [6.07, 6.45) is 3.94. The molecule has 0 fully saturated rings. The first kappa shape index (κ1) is 14.7. The maximum atomic E-state index is 13.4. The van der Waals surface area contributed by atoms with E-state index < -0.39 is 0 Å². The van der Waals surface area contributed by atoms with Crippen molar-refractivity contribution in [2.75, 3.05) is 6.54 Å². The van der Waals surface area contributed by atoms with Crippen molar-refractivity contribution in [3.63, 3.8) is 0 Å². The Labute approximate surface area is 119 Å². The third-order valence-electron chi connectivity index (χ3n) is 3.19. The molecule has 0 aliphatic heterocycles. The summed E-state index contributed by atoms with van der Waals surface area (Å²) in [7, 11) is 0. The topological polar surface area (TPSA) is 42.7 Å². The molecule has 2 rings (SSSR count). The van der Waals surface area contributed by atoms with Crippen LogP contribution in [0.3, 0.4) is 0 Å². The van der Waals surface area contributed by atoms with Crippen molar-refractivity contribution in [1.29, 1.82) is 0 Å². The van der Waals surface area contributed by atoms with Crippen molar-refractivity contribution in [3.8, 4) is 0 Å². The smallest absolute Gasteiger partial charge is 0.141 e. The maximum Gasteiger partial charge on any atom is 0.141 e. The van der Waals surface area contributed by atoms with E-state index in [2.05, 4.69) is 29.2 Å². The quantitative estimate of drug-likeness (QED) is 0.882. The van der Waals surface area contributed by atoms with E-state index >= 15 is 0 Å². The van der Waals surface area contributed by atoms with E-state index in [1.165, 1.54) is 12.3 Å². The minimum Gasteiger partial charge on any atom is -0.305 e. The molecule has 0 aliphatic rings. The Balaban J connectivity index is 2.41. The van der Waals surface area contributed by atoms with Crippen molar-refractivity contribution in [2.45, 2.75) is 39.8 Å². The largest absolute Gasteiger partial charge is 0.305 e. The van der Waals surface area contributed by atoms with Gasteiger partial charge >= 0.3 is 0 Å². The Kier molecular flexibility index (Phi) is 4.84. The zero-order chi connectivity index (χ0) is 14.5. The zero-order valence-electron chi connectivity index (χ0n) is 12.2. The van der Waals surface area contributed by atoms with Crippen LogP contribution in [0.4, 0.5) is 4.39 Å². The molecule has 0 aliphatic carbocycles. The molecular weight excluding hydrogens is 255 g/mol. The zero-order valence-corrected chi connectivity index (χ0v) is 12.2. The Morgan fingerprint density at radius 1 is 1.30 bits per heavy atom. The van der Waals surface area contributed by atoms with Gasteiger partial charge in [0.2, 0.25) is 0 Å². The van der Waals surface area contributed by atoms with Crippen LogP contribution in [0, 0.1) is 12.7 Å². The van der Waals surface area contributed by atoms with Gasteiger partial charge in [0.15, 0.2) is 0 Å². The van der Waals surface area contributed by atoms with Gasteiger partial charge in [0.25, 0.3) is 0 Å². The van der Waals surface area contributed by atoms with E-state index in [1.54, 1.807) is 6.20 Å². The number of aryl methyl sites for hydroxylation is 2. The molecule has 20 heavy (non-hydrogen) atoms. The van der Waals surface area contributed by atoms with Crippen LogP contribution in [0.2, 0.25) is 0 Å². The van der Waals surface area contributed by atoms with Gasteiger partial charge in [-0.1, -0.05) is 6.92 Å². The Morgan fingerprint density at radius 2 is 2.10 bits per heavy atom. The summed E-state index contributed by atoms with van der Waals surface area (Å²) >= 11 is 0. The summed E-state index contributed by atoms with van der Waals surface area (Å²) in [6.45, 7) is 7.77. The molecule has 0 bridgehead atoms. The summed E-state index contributed by atoms with van der Waals surface area (Å²) < 4.78 is 15.4. The summed E-state index contributed by atoms with van der Waals surface area (Å²) in [5.41, 5.74) is 2.84. The number of halogens is 1. The number of hydrogen-bond acceptors (Lipinski definition) is 3. The van der Waals surface area contributed by atoms with E-state index in [0.29, 0.717) is 0 Å². The van der Waals surface area contributed by atoms with Crippen LogP contribution in [0.5, 0.6) is 0 Å². The van der Waals surface area contributed by atoms with Gasteiger partial charge in [-0.15, -0.1) is 0 Å². The third-order valence-corrected chi connectivity index (χ3v) is 3.19. The first-order valence-electron chi connectivity index (χ1n) is 7.03. The highest BCUT2D eigenvalue weighted by Crippen LogP contribution is 2.23. The summed E-state index contributed by atoms with van der Waals surface area (Å²) in [5, 5.41) is 7.92. The molecule has 0 spiro atoms. The number of aromatic nitrogens is 3. The van der Waals surface area contributed by atoms with Crippen LogP contribution < -0.4 is 5.32 Å². The maximum absolute atomic E-state index is 13.4. The summed E-state index contributed by atoms with van der Waals surface area (Å²) in [6, 6.07) is 3.49. The fourth-order valence-electron chi connectivity index (χ4n) is 2.32. The molecule has 0 radical (unpaired) electrons. The van der Waals surface area contributed by atoms with Crippen molar-refractivity contribution < 1.29 is 4.39 Å². The highest BCUT2D eigenvalue weighted by Gasteiger charge is 2.19. The minimum absolute atomic E-state index is 0.0840. The van der Waals surface area contributed by atoms with Crippen molar-refractivity contribution in [3.05, 3.63) is 47.3 Å². The first-order chi connectivity index (χ1) is 9.65. The second-order valence-corrected chi connectivity index (χ2v) is 4.85. The molecule has 1 atom stereocenters. The molecule has 0 saturated heterocycles. The van der Waals surface area contributed by atoms with Crippen LogP contribution in [-0.2, 0) is 6.54 Å². The normalized spacial score (nSPS) is 12.6. The fraction of sp³-hybridized carbons (Fsp3) is 0.467. The van der Waals surface area contributed by atoms with E-state index in [0.717, 1.165) is 36.5 Å². The molecule has 2 heterocycles. The summed E-state index contributed by atoms with van der Waals surface area (Å²) in [5.74, 6) is -0.315. The standard InChI is InChI=1S/C15H21FN4/c1-4-6-18-15(12-8-13(16)10-17-9-12)14-7-11(3)19-20(14)5-2/h7-10,15,18H,4-6H2,1-3H3. The van der Waals surface area contributed by atoms with Crippen LogP contribution >= 0.6 is 0 Å². The number of nitrogens with zero attached hydrogens (tertiary/aromatic N) is 3. The molecule has 4 nitrogen and oxygen atoms in total. The molecule has 1 N–H and O–H groups in total. The fourth-order valence-corrected chi connectivity index (χ4v) is 2.32. The van der Waals surface area contributed by atoms with Crippen molar-refractivity contribution in [2.24, 2.45) is 0 Å². The highest BCUT2D eigenvalue weighted by molar-refractivity contribution is 5.27. The van der Waals surface area contributed by atoms with Gasteiger partial charge in [0.1, 0.15) is 5.82 Å². The summed E-state index contributed by atoms with van der Waals surface area (Å²) in [4.78, 5) is 3.96. The van der Waals surface area contributed by atoms with Gasteiger partial charge in [-0.2, -0.15) is 5.10 Å². The lowest BCUT2D eigenvalue weighted by atomic mass is 10.0.